The molecule has 0 aliphatic carbocycles. The number of amides is 1. The molecular formula is C26H26N2O7. The van der Waals surface area contributed by atoms with Gasteiger partial charge in [-0.15, -0.1) is 0 Å². The van der Waals surface area contributed by atoms with Crippen molar-refractivity contribution in [1.29, 1.82) is 0 Å². The number of carbonyl (C=O) groups excluding carboxylic acids is 1. The summed E-state index contributed by atoms with van der Waals surface area (Å²) in [5.41, 5.74) is 1.91. The number of nitro benzene ring substituents is 1. The summed E-state index contributed by atoms with van der Waals surface area (Å²) < 4.78 is 22.6. The number of benzene rings is 3. The van der Waals surface area contributed by atoms with Crippen molar-refractivity contribution in [2.75, 3.05) is 34.0 Å². The molecule has 0 unspecified atom stereocenters. The molecule has 9 heteroatoms. The van der Waals surface area contributed by atoms with Gasteiger partial charge in [0.25, 0.3) is 11.6 Å². The van der Waals surface area contributed by atoms with Crippen molar-refractivity contribution >= 4 is 11.6 Å². The minimum atomic E-state index is -0.464. The molecule has 3 aromatic carbocycles. The first-order valence-electron chi connectivity index (χ1n) is 11.1. The van der Waals surface area contributed by atoms with E-state index in [0.29, 0.717) is 36.0 Å². The van der Waals surface area contributed by atoms with E-state index in [4.69, 9.17) is 18.9 Å². The Morgan fingerprint density at radius 3 is 2.29 bits per heavy atom. The first kappa shape index (κ1) is 23.9. The maximum Gasteiger partial charge on any atom is 0.269 e. The fraction of sp³-hybridized carbons (Fsp3) is 0.269. The largest absolute Gasteiger partial charge is 0.493 e. The molecular weight excluding hydrogens is 452 g/mol. The topological polar surface area (TPSA) is 100 Å². The van der Waals surface area contributed by atoms with Crippen molar-refractivity contribution in [3.63, 3.8) is 0 Å². The van der Waals surface area contributed by atoms with E-state index in [9.17, 15) is 14.9 Å². The molecule has 1 amide bonds. The summed E-state index contributed by atoms with van der Waals surface area (Å²) in [6.45, 7) is 0.520. The van der Waals surface area contributed by atoms with Gasteiger partial charge < -0.3 is 23.8 Å². The number of hydrogen-bond acceptors (Lipinski definition) is 7. The summed E-state index contributed by atoms with van der Waals surface area (Å²) in [5, 5.41) is 10.9. The van der Waals surface area contributed by atoms with Crippen LogP contribution < -0.4 is 18.9 Å². The van der Waals surface area contributed by atoms with Crippen LogP contribution in [0.2, 0.25) is 0 Å². The molecule has 3 aromatic rings. The summed E-state index contributed by atoms with van der Waals surface area (Å²) in [6, 6.07) is 18.4. The molecule has 0 radical (unpaired) electrons. The molecule has 0 saturated heterocycles. The number of nitro groups is 1. The van der Waals surface area contributed by atoms with E-state index in [1.165, 1.54) is 12.1 Å². The second-order valence-electron chi connectivity index (χ2n) is 7.92. The zero-order valence-electron chi connectivity index (χ0n) is 19.5. The lowest BCUT2D eigenvalue weighted by Gasteiger charge is -2.37. The van der Waals surface area contributed by atoms with Gasteiger partial charge in [0.05, 0.1) is 25.2 Å². The Hall–Kier alpha value is -4.27. The molecule has 1 aliphatic rings. The van der Waals surface area contributed by atoms with Crippen LogP contribution in [0.5, 0.6) is 23.0 Å². The lowest BCUT2D eigenvalue weighted by Crippen LogP contribution is -2.44. The van der Waals surface area contributed by atoms with Gasteiger partial charge in [-0.25, -0.2) is 0 Å². The van der Waals surface area contributed by atoms with Crippen LogP contribution in [-0.4, -0.2) is 49.7 Å². The smallest absolute Gasteiger partial charge is 0.269 e. The Labute approximate surface area is 202 Å². The summed E-state index contributed by atoms with van der Waals surface area (Å²) in [7, 11) is 3.14. The highest BCUT2D eigenvalue weighted by Crippen LogP contribution is 2.38. The number of fused-ring (bicyclic) bond motifs is 1. The minimum absolute atomic E-state index is 0.0212. The van der Waals surface area contributed by atoms with Crippen molar-refractivity contribution in [2.24, 2.45) is 0 Å². The van der Waals surface area contributed by atoms with Crippen LogP contribution in [0.4, 0.5) is 5.69 Å². The van der Waals surface area contributed by atoms with Gasteiger partial charge in [-0.1, -0.05) is 18.2 Å². The average Bonchev–Trinajstić information content (AvgIpc) is 2.90. The predicted octanol–water partition coefficient (Wildman–Crippen LogP) is 4.20. The first-order chi connectivity index (χ1) is 17.0. The zero-order valence-corrected chi connectivity index (χ0v) is 19.5. The van der Waals surface area contributed by atoms with Crippen LogP contribution in [0.1, 0.15) is 17.2 Å². The maximum atomic E-state index is 13.2. The van der Waals surface area contributed by atoms with Crippen LogP contribution in [-0.2, 0) is 11.2 Å². The highest BCUT2D eigenvalue weighted by Gasteiger charge is 2.33. The van der Waals surface area contributed by atoms with E-state index >= 15 is 0 Å². The number of methoxy groups -OCH3 is 2. The summed E-state index contributed by atoms with van der Waals surface area (Å²) in [6.07, 6.45) is 0.640. The van der Waals surface area contributed by atoms with Crippen LogP contribution in [0, 0.1) is 10.1 Å². The van der Waals surface area contributed by atoms with Gasteiger partial charge in [0.1, 0.15) is 18.1 Å². The normalized spacial score (nSPS) is 14.6. The fourth-order valence-electron chi connectivity index (χ4n) is 4.09. The summed E-state index contributed by atoms with van der Waals surface area (Å²) >= 11 is 0. The van der Waals surface area contributed by atoms with Crippen LogP contribution >= 0.6 is 0 Å². The second kappa shape index (κ2) is 10.8. The SMILES string of the molecule is COc1cc2c(cc1OC)[C@H](COc1ccc([N+](=O)[O-])cc1)N(C(=O)COc1ccccc1)CC2. The third-order valence-electron chi connectivity index (χ3n) is 5.88. The van der Waals surface area contributed by atoms with E-state index in [1.807, 2.05) is 30.3 Å². The lowest BCUT2D eigenvalue weighted by atomic mass is 9.92. The van der Waals surface area contributed by atoms with Crippen LogP contribution in [0.25, 0.3) is 0 Å². The molecule has 1 heterocycles. The number of nitrogens with zero attached hydrogens (tertiary/aromatic N) is 2. The van der Waals surface area contributed by atoms with E-state index in [1.54, 1.807) is 43.4 Å². The second-order valence-corrected chi connectivity index (χ2v) is 7.92. The highest BCUT2D eigenvalue weighted by molar-refractivity contribution is 5.79. The third kappa shape index (κ3) is 5.46. The molecule has 0 saturated carbocycles. The quantitative estimate of drug-likeness (QED) is 0.336. The molecule has 0 fully saturated rings. The van der Waals surface area contributed by atoms with E-state index in [0.717, 1.165) is 11.1 Å². The molecule has 9 nitrogen and oxygen atoms in total. The number of hydrogen-bond donors (Lipinski definition) is 0. The molecule has 0 bridgehead atoms. The van der Waals surface area contributed by atoms with Crippen molar-refractivity contribution < 1.29 is 28.7 Å². The van der Waals surface area contributed by atoms with Gasteiger partial charge in [0.2, 0.25) is 0 Å². The van der Waals surface area contributed by atoms with Gasteiger partial charge in [-0.2, -0.15) is 0 Å². The molecule has 0 aromatic heterocycles. The Morgan fingerprint density at radius 1 is 0.971 bits per heavy atom. The molecule has 1 aliphatic heterocycles. The van der Waals surface area contributed by atoms with Crippen LogP contribution in [0.15, 0.2) is 66.7 Å². The third-order valence-corrected chi connectivity index (χ3v) is 5.88. The van der Waals surface area contributed by atoms with E-state index < -0.39 is 11.0 Å². The Balaban J connectivity index is 1.58. The summed E-state index contributed by atoms with van der Waals surface area (Å²) in [5.74, 6) is 2.08. The van der Waals surface area contributed by atoms with Gasteiger partial charge in [-0.3, -0.25) is 14.9 Å². The lowest BCUT2D eigenvalue weighted by molar-refractivity contribution is -0.384. The van der Waals surface area contributed by atoms with Gasteiger partial charge in [-0.05, 0) is 53.9 Å². The van der Waals surface area contributed by atoms with Crippen molar-refractivity contribution in [3.8, 4) is 23.0 Å². The van der Waals surface area contributed by atoms with E-state index in [2.05, 4.69) is 0 Å². The number of para-hydroxylation sites is 1. The Kier molecular flexibility index (Phi) is 7.35. The summed E-state index contributed by atoms with van der Waals surface area (Å²) in [4.78, 5) is 25.4. The number of ether oxygens (including phenoxy) is 4. The van der Waals surface area contributed by atoms with Gasteiger partial charge >= 0.3 is 0 Å². The average molecular weight is 479 g/mol. The molecule has 182 valence electrons. The van der Waals surface area contributed by atoms with Crippen LogP contribution in [0.3, 0.4) is 0 Å². The van der Waals surface area contributed by atoms with Crippen molar-refractivity contribution in [1.82, 2.24) is 4.90 Å². The monoisotopic (exact) mass is 478 g/mol. The van der Waals surface area contributed by atoms with E-state index in [-0.39, 0.29) is 24.8 Å². The molecule has 0 N–H and O–H groups in total. The Morgan fingerprint density at radius 2 is 1.63 bits per heavy atom. The van der Waals surface area contributed by atoms with Gasteiger partial charge in [0, 0.05) is 18.7 Å². The number of carbonyl (C=O) groups is 1. The van der Waals surface area contributed by atoms with Crippen molar-refractivity contribution in [3.05, 3.63) is 88.0 Å². The van der Waals surface area contributed by atoms with Gasteiger partial charge in [0.15, 0.2) is 18.1 Å². The predicted molar refractivity (Wildman–Crippen MR) is 128 cm³/mol. The Bertz CT molecular complexity index is 1180. The minimum Gasteiger partial charge on any atom is -0.493 e. The molecule has 35 heavy (non-hydrogen) atoms. The standard InChI is InChI=1S/C26H26N2O7/c1-32-24-14-18-12-13-27(26(29)17-35-20-6-4-3-5-7-20)23(22(18)15-25(24)33-2)16-34-21-10-8-19(9-11-21)28(30)31/h3-11,14-15,23H,12-13,16-17H2,1-2H3/t23-/m0/s1. The first-order valence-corrected chi connectivity index (χ1v) is 11.1. The van der Waals surface area contributed by atoms with Crippen molar-refractivity contribution in [2.45, 2.75) is 12.5 Å². The highest BCUT2D eigenvalue weighted by atomic mass is 16.6. The molecule has 0 spiro atoms. The number of rotatable bonds is 9. The zero-order chi connectivity index (χ0) is 24.8. The number of non-ortho nitro benzene ring substituents is 1. The molecule has 4 rings (SSSR count). The maximum absolute atomic E-state index is 13.2. The molecule has 1 atom stereocenters. The fourth-order valence-corrected chi connectivity index (χ4v) is 4.09.